The molecule has 1 unspecified atom stereocenters. The van der Waals surface area contributed by atoms with Gasteiger partial charge in [-0.25, -0.2) is 0 Å². The summed E-state index contributed by atoms with van der Waals surface area (Å²) in [6, 6.07) is 6.42. The van der Waals surface area contributed by atoms with Crippen LogP contribution in [0.25, 0.3) is 0 Å². The van der Waals surface area contributed by atoms with Crippen LogP contribution < -0.4 is 0 Å². The van der Waals surface area contributed by atoms with Gasteiger partial charge in [0.05, 0.1) is 5.38 Å². The first-order valence-corrected chi connectivity index (χ1v) is 9.44. The van der Waals surface area contributed by atoms with Crippen LogP contribution in [0.3, 0.4) is 0 Å². The van der Waals surface area contributed by atoms with E-state index in [4.69, 9.17) is 23.2 Å². The number of thiophene rings is 1. The first-order chi connectivity index (χ1) is 9.56. The topological polar surface area (TPSA) is 0 Å². The van der Waals surface area contributed by atoms with Crippen LogP contribution in [0.1, 0.15) is 37.4 Å². The van der Waals surface area contributed by atoms with E-state index in [1.54, 1.807) is 0 Å². The Balaban J connectivity index is 1.98. The van der Waals surface area contributed by atoms with Crippen LogP contribution in [0.5, 0.6) is 0 Å². The molecular formula is C16H16Cl2S2. The van der Waals surface area contributed by atoms with Crippen LogP contribution in [0.4, 0.5) is 0 Å². The van der Waals surface area contributed by atoms with Crippen molar-refractivity contribution in [1.29, 1.82) is 0 Å². The van der Waals surface area contributed by atoms with Crippen LogP contribution in [0.2, 0.25) is 5.02 Å². The van der Waals surface area contributed by atoms with Crippen LogP contribution in [0, 0.1) is 13.8 Å². The summed E-state index contributed by atoms with van der Waals surface area (Å²) in [4.78, 5) is 2.73. The summed E-state index contributed by atoms with van der Waals surface area (Å²) in [5.74, 6) is 2.35. The highest BCUT2D eigenvalue weighted by molar-refractivity contribution is 7.98. The fraction of sp³-hybridized carbons (Fsp3) is 0.375. The van der Waals surface area contributed by atoms with E-state index in [2.05, 4.69) is 26.0 Å². The number of fused-ring (bicyclic) bond motifs is 1. The van der Waals surface area contributed by atoms with E-state index in [-0.39, 0.29) is 5.38 Å². The normalized spacial score (nSPS) is 16.0. The van der Waals surface area contributed by atoms with Crippen molar-refractivity contribution in [1.82, 2.24) is 0 Å². The minimum Gasteiger partial charge on any atom is -0.157 e. The van der Waals surface area contributed by atoms with E-state index in [0.29, 0.717) is 0 Å². The van der Waals surface area contributed by atoms with Gasteiger partial charge in [-0.3, -0.25) is 0 Å². The summed E-state index contributed by atoms with van der Waals surface area (Å²) in [5, 5.41) is 0.635. The predicted octanol–water partition coefficient (Wildman–Crippen LogP) is 6.14. The lowest BCUT2D eigenvalue weighted by molar-refractivity contribution is 1.13. The quantitative estimate of drug-likeness (QED) is 0.591. The van der Waals surface area contributed by atoms with Gasteiger partial charge in [-0.15, -0.1) is 22.9 Å². The molecule has 1 aromatic carbocycles. The number of hydrogen-bond donors (Lipinski definition) is 0. The van der Waals surface area contributed by atoms with Crippen molar-refractivity contribution < 1.29 is 0 Å². The monoisotopic (exact) mass is 342 g/mol. The highest BCUT2D eigenvalue weighted by Gasteiger charge is 2.21. The SMILES string of the molecule is Cc1cc(Cl)c(C(Cl)c2cc3c(s2)CCSC3)cc1C. The second-order valence-electron chi connectivity index (χ2n) is 5.22. The Labute approximate surface area is 138 Å². The number of aryl methyl sites for hydroxylation is 3. The molecular weight excluding hydrogens is 327 g/mol. The second-order valence-corrected chi connectivity index (χ2v) is 8.34. The van der Waals surface area contributed by atoms with E-state index < -0.39 is 0 Å². The molecule has 0 aliphatic carbocycles. The predicted molar refractivity (Wildman–Crippen MR) is 92.8 cm³/mol. The molecule has 0 saturated heterocycles. The molecule has 4 heteroatoms. The summed E-state index contributed by atoms with van der Waals surface area (Å²) >= 11 is 16.9. The van der Waals surface area contributed by atoms with Crippen molar-refractivity contribution in [3.05, 3.63) is 55.2 Å². The maximum absolute atomic E-state index is 6.70. The number of alkyl halides is 1. The van der Waals surface area contributed by atoms with Gasteiger partial charge in [0.1, 0.15) is 0 Å². The molecule has 1 aliphatic rings. The molecule has 0 saturated carbocycles. The first kappa shape index (κ1) is 14.8. The number of hydrogen-bond acceptors (Lipinski definition) is 2. The third kappa shape index (κ3) is 2.76. The molecule has 0 amide bonds. The zero-order valence-electron chi connectivity index (χ0n) is 11.5. The first-order valence-electron chi connectivity index (χ1n) is 6.66. The van der Waals surface area contributed by atoms with Gasteiger partial charge in [0.2, 0.25) is 0 Å². The zero-order valence-corrected chi connectivity index (χ0v) is 14.6. The van der Waals surface area contributed by atoms with Gasteiger partial charge < -0.3 is 0 Å². The lowest BCUT2D eigenvalue weighted by Gasteiger charge is -2.12. The van der Waals surface area contributed by atoms with Crippen molar-refractivity contribution in [3.8, 4) is 0 Å². The van der Waals surface area contributed by atoms with Gasteiger partial charge in [-0.05, 0) is 60.4 Å². The Kier molecular flexibility index (Phi) is 4.37. The maximum Gasteiger partial charge on any atom is 0.0942 e. The number of benzene rings is 1. The molecule has 3 rings (SSSR count). The Morgan fingerprint density at radius 3 is 2.65 bits per heavy atom. The van der Waals surface area contributed by atoms with Crippen molar-refractivity contribution in [2.24, 2.45) is 0 Å². The fourth-order valence-corrected chi connectivity index (χ4v) is 5.58. The third-order valence-electron chi connectivity index (χ3n) is 3.78. The molecule has 0 nitrogen and oxygen atoms in total. The Bertz CT molecular complexity index is 623. The summed E-state index contributed by atoms with van der Waals surface area (Å²) in [5.41, 5.74) is 4.95. The van der Waals surface area contributed by atoms with E-state index >= 15 is 0 Å². The molecule has 1 aromatic heterocycles. The standard InChI is InChI=1S/C16H16Cl2S2/c1-9-5-12(13(17)6-10(9)2)16(18)15-7-11-8-19-4-3-14(11)20-15/h5-7,16H,3-4,8H2,1-2H3. The highest BCUT2D eigenvalue weighted by atomic mass is 35.5. The zero-order chi connectivity index (χ0) is 14.3. The molecule has 1 aliphatic heterocycles. The van der Waals surface area contributed by atoms with Crippen molar-refractivity contribution in [2.45, 2.75) is 31.4 Å². The maximum atomic E-state index is 6.70. The molecule has 0 fully saturated rings. The summed E-state index contributed by atoms with van der Waals surface area (Å²) in [6.07, 6.45) is 1.18. The molecule has 0 radical (unpaired) electrons. The number of rotatable bonds is 2. The molecule has 20 heavy (non-hydrogen) atoms. The molecule has 2 heterocycles. The lowest BCUT2D eigenvalue weighted by atomic mass is 10.0. The molecule has 0 N–H and O–H groups in total. The molecule has 0 spiro atoms. The average Bonchev–Trinajstić information content (AvgIpc) is 2.86. The average molecular weight is 343 g/mol. The van der Waals surface area contributed by atoms with Crippen molar-refractivity contribution >= 4 is 46.3 Å². The van der Waals surface area contributed by atoms with Gasteiger partial charge in [0.15, 0.2) is 0 Å². The van der Waals surface area contributed by atoms with Gasteiger partial charge in [-0.2, -0.15) is 11.8 Å². The highest BCUT2D eigenvalue weighted by Crippen LogP contribution is 2.41. The van der Waals surface area contributed by atoms with Crippen LogP contribution in [-0.2, 0) is 12.2 Å². The van der Waals surface area contributed by atoms with Crippen LogP contribution >= 0.6 is 46.3 Å². The van der Waals surface area contributed by atoms with Gasteiger partial charge in [0, 0.05) is 20.5 Å². The Hall–Kier alpha value is -0.150. The van der Waals surface area contributed by atoms with E-state index in [0.717, 1.165) is 16.3 Å². The van der Waals surface area contributed by atoms with Crippen LogP contribution in [-0.4, -0.2) is 5.75 Å². The van der Waals surface area contributed by atoms with Gasteiger partial charge in [0.25, 0.3) is 0 Å². The van der Waals surface area contributed by atoms with Crippen LogP contribution in [0.15, 0.2) is 18.2 Å². The van der Waals surface area contributed by atoms with Gasteiger partial charge in [-0.1, -0.05) is 17.7 Å². The molecule has 1 atom stereocenters. The van der Waals surface area contributed by atoms with E-state index in [1.807, 2.05) is 29.2 Å². The molecule has 2 aromatic rings. The Morgan fingerprint density at radius 1 is 1.15 bits per heavy atom. The van der Waals surface area contributed by atoms with E-state index in [9.17, 15) is 0 Å². The Morgan fingerprint density at radius 2 is 1.90 bits per heavy atom. The largest absolute Gasteiger partial charge is 0.157 e. The van der Waals surface area contributed by atoms with Gasteiger partial charge >= 0.3 is 0 Å². The van der Waals surface area contributed by atoms with Crippen molar-refractivity contribution in [2.75, 3.05) is 5.75 Å². The van der Waals surface area contributed by atoms with E-state index in [1.165, 1.54) is 38.6 Å². The van der Waals surface area contributed by atoms with Crippen molar-refractivity contribution in [3.63, 3.8) is 0 Å². The summed E-state index contributed by atoms with van der Waals surface area (Å²) in [6.45, 7) is 4.18. The summed E-state index contributed by atoms with van der Waals surface area (Å²) < 4.78 is 0. The second kappa shape index (κ2) is 5.92. The lowest BCUT2D eigenvalue weighted by Crippen LogP contribution is -1.96. The minimum absolute atomic E-state index is 0.137. The molecule has 0 bridgehead atoms. The fourth-order valence-electron chi connectivity index (χ4n) is 2.45. The minimum atomic E-state index is -0.137. The number of thioether (sulfide) groups is 1. The molecule has 106 valence electrons. The smallest absolute Gasteiger partial charge is 0.0942 e. The third-order valence-corrected chi connectivity index (χ3v) is 7.02. The number of halogens is 2. The summed E-state index contributed by atoms with van der Waals surface area (Å²) in [7, 11) is 0.